The Labute approximate surface area is 93.0 Å². The van der Waals surface area contributed by atoms with Gasteiger partial charge < -0.3 is 15.0 Å². The highest BCUT2D eigenvalue weighted by molar-refractivity contribution is 5.81. The van der Waals surface area contributed by atoms with Crippen LogP contribution in [0.4, 0.5) is 0 Å². The first-order valence-corrected chi connectivity index (χ1v) is 5.52. The molecule has 4 nitrogen and oxygen atoms in total. The third-order valence-electron chi connectivity index (χ3n) is 2.51. The van der Waals surface area contributed by atoms with E-state index in [4.69, 9.17) is 4.74 Å². The highest BCUT2D eigenvalue weighted by Gasteiger charge is 2.17. The number of hydrogen-bond acceptors (Lipinski definition) is 3. The van der Waals surface area contributed by atoms with Gasteiger partial charge in [0.1, 0.15) is 0 Å². The number of hydrogen-bond donors (Lipinski definition) is 1. The lowest BCUT2D eigenvalue weighted by Gasteiger charge is -2.23. The SMILES string of the molecule is CCN(C)C(=O)C(C)NC(C)CCOC. The average Bonchev–Trinajstić information content (AvgIpc) is 2.23. The Morgan fingerprint density at radius 1 is 1.47 bits per heavy atom. The van der Waals surface area contributed by atoms with Crippen molar-refractivity contribution in [2.75, 3.05) is 27.3 Å². The molecule has 0 aromatic rings. The second kappa shape index (κ2) is 7.65. The number of carbonyl (C=O) groups excluding carboxylic acids is 1. The number of ether oxygens (including phenoxy) is 1. The fourth-order valence-electron chi connectivity index (χ4n) is 1.36. The minimum Gasteiger partial charge on any atom is -0.385 e. The van der Waals surface area contributed by atoms with Gasteiger partial charge in [0.15, 0.2) is 0 Å². The van der Waals surface area contributed by atoms with E-state index in [2.05, 4.69) is 12.2 Å². The zero-order valence-corrected chi connectivity index (χ0v) is 10.5. The second-order valence-electron chi connectivity index (χ2n) is 3.92. The predicted octanol–water partition coefficient (Wildman–Crippen LogP) is 0.868. The number of rotatable bonds is 7. The largest absolute Gasteiger partial charge is 0.385 e. The topological polar surface area (TPSA) is 41.6 Å². The van der Waals surface area contributed by atoms with Crippen molar-refractivity contribution < 1.29 is 9.53 Å². The summed E-state index contributed by atoms with van der Waals surface area (Å²) in [6.07, 6.45) is 0.921. The van der Waals surface area contributed by atoms with Crippen LogP contribution < -0.4 is 5.32 Å². The van der Waals surface area contributed by atoms with Crippen molar-refractivity contribution in [3.8, 4) is 0 Å². The second-order valence-corrected chi connectivity index (χ2v) is 3.92. The lowest BCUT2D eigenvalue weighted by Crippen LogP contribution is -2.46. The highest BCUT2D eigenvalue weighted by Crippen LogP contribution is 1.97. The molecule has 0 spiro atoms. The molecule has 0 rings (SSSR count). The highest BCUT2D eigenvalue weighted by atomic mass is 16.5. The van der Waals surface area contributed by atoms with Gasteiger partial charge in [-0.1, -0.05) is 0 Å². The van der Waals surface area contributed by atoms with Crippen LogP contribution in [0.15, 0.2) is 0 Å². The Balaban J connectivity index is 3.90. The molecule has 0 aromatic heterocycles. The predicted molar refractivity (Wildman–Crippen MR) is 61.9 cm³/mol. The van der Waals surface area contributed by atoms with Crippen LogP contribution in [-0.2, 0) is 9.53 Å². The first-order valence-electron chi connectivity index (χ1n) is 5.52. The maximum atomic E-state index is 11.7. The van der Waals surface area contributed by atoms with Crippen LogP contribution in [0.2, 0.25) is 0 Å². The van der Waals surface area contributed by atoms with Gasteiger partial charge in [0.05, 0.1) is 6.04 Å². The van der Waals surface area contributed by atoms with E-state index in [0.717, 1.165) is 19.6 Å². The number of amides is 1. The van der Waals surface area contributed by atoms with E-state index in [1.54, 1.807) is 12.0 Å². The van der Waals surface area contributed by atoms with E-state index in [9.17, 15) is 4.79 Å². The van der Waals surface area contributed by atoms with Crippen molar-refractivity contribution >= 4 is 5.91 Å². The molecule has 4 heteroatoms. The van der Waals surface area contributed by atoms with E-state index in [-0.39, 0.29) is 11.9 Å². The number of carbonyl (C=O) groups is 1. The van der Waals surface area contributed by atoms with E-state index in [1.165, 1.54) is 0 Å². The molecule has 0 saturated carbocycles. The molecule has 1 amide bonds. The van der Waals surface area contributed by atoms with Gasteiger partial charge in [-0.25, -0.2) is 0 Å². The zero-order chi connectivity index (χ0) is 11.8. The smallest absolute Gasteiger partial charge is 0.239 e. The first-order chi connectivity index (χ1) is 7.02. The first kappa shape index (κ1) is 14.4. The quantitative estimate of drug-likeness (QED) is 0.686. The third kappa shape index (κ3) is 5.74. The molecule has 90 valence electrons. The number of nitrogens with one attached hydrogen (secondary N) is 1. The molecule has 0 radical (unpaired) electrons. The molecule has 1 N–H and O–H groups in total. The summed E-state index contributed by atoms with van der Waals surface area (Å²) in [5, 5.41) is 3.26. The van der Waals surface area contributed by atoms with Gasteiger partial charge in [0, 0.05) is 33.4 Å². The maximum Gasteiger partial charge on any atom is 0.239 e. The van der Waals surface area contributed by atoms with Crippen molar-refractivity contribution in [2.45, 2.75) is 39.3 Å². The molecular formula is C11H24N2O2. The van der Waals surface area contributed by atoms with E-state index >= 15 is 0 Å². The van der Waals surface area contributed by atoms with Gasteiger partial charge in [-0.05, 0) is 27.2 Å². The Hall–Kier alpha value is -0.610. The van der Waals surface area contributed by atoms with Gasteiger partial charge >= 0.3 is 0 Å². The van der Waals surface area contributed by atoms with E-state index in [0.29, 0.717) is 6.04 Å². The molecule has 0 aromatic carbocycles. The summed E-state index contributed by atoms with van der Waals surface area (Å²) in [5.41, 5.74) is 0. The van der Waals surface area contributed by atoms with E-state index in [1.807, 2.05) is 20.9 Å². The normalized spacial score (nSPS) is 14.7. The summed E-state index contributed by atoms with van der Waals surface area (Å²) in [6, 6.07) is 0.177. The standard InChI is InChI=1S/C11H24N2O2/c1-6-13(4)11(14)10(3)12-9(2)7-8-15-5/h9-10,12H,6-8H2,1-5H3. The van der Waals surface area contributed by atoms with Crippen molar-refractivity contribution in [1.29, 1.82) is 0 Å². The van der Waals surface area contributed by atoms with Crippen LogP contribution in [0.1, 0.15) is 27.2 Å². The monoisotopic (exact) mass is 216 g/mol. The molecule has 0 aliphatic carbocycles. The fraction of sp³-hybridized carbons (Fsp3) is 0.909. The Bertz CT molecular complexity index is 185. The average molecular weight is 216 g/mol. The molecule has 0 fully saturated rings. The van der Waals surface area contributed by atoms with Crippen molar-refractivity contribution in [3.05, 3.63) is 0 Å². The van der Waals surface area contributed by atoms with Crippen molar-refractivity contribution in [2.24, 2.45) is 0 Å². The minimum atomic E-state index is -0.123. The number of methoxy groups -OCH3 is 1. The summed E-state index contributed by atoms with van der Waals surface area (Å²) in [6.45, 7) is 7.40. The summed E-state index contributed by atoms with van der Waals surface area (Å²) in [5.74, 6) is 0.141. The number of nitrogens with zero attached hydrogens (tertiary/aromatic N) is 1. The van der Waals surface area contributed by atoms with Crippen LogP contribution in [0.3, 0.4) is 0 Å². The molecule has 0 aliphatic heterocycles. The van der Waals surface area contributed by atoms with Crippen LogP contribution >= 0.6 is 0 Å². The van der Waals surface area contributed by atoms with E-state index < -0.39 is 0 Å². The van der Waals surface area contributed by atoms with Crippen LogP contribution in [0.5, 0.6) is 0 Å². The number of likely N-dealkylation sites (N-methyl/N-ethyl adjacent to an activating group) is 1. The Morgan fingerprint density at radius 2 is 2.07 bits per heavy atom. The maximum absolute atomic E-state index is 11.7. The molecular weight excluding hydrogens is 192 g/mol. The summed E-state index contributed by atoms with van der Waals surface area (Å²) >= 11 is 0. The third-order valence-corrected chi connectivity index (χ3v) is 2.51. The Kier molecular flexibility index (Phi) is 7.34. The van der Waals surface area contributed by atoms with Crippen LogP contribution in [0.25, 0.3) is 0 Å². The van der Waals surface area contributed by atoms with Crippen molar-refractivity contribution in [3.63, 3.8) is 0 Å². The van der Waals surface area contributed by atoms with Crippen LogP contribution in [-0.4, -0.2) is 50.2 Å². The zero-order valence-electron chi connectivity index (χ0n) is 10.5. The molecule has 2 atom stereocenters. The molecule has 0 heterocycles. The van der Waals surface area contributed by atoms with Crippen molar-refractivity contribution in [1.82, 2.24) is 10.2 Å². The molecule has 0 saturated heterocycles. The molecule has 0 aliphatic rings. The van der Waals surface area contributed by atoms with Gasteiger partial charge in [0.2, 0.25) is 5.91 Å². The van der Waals surface area contributed by atoms with Gasteiger partial charge in [-0.15, -0.1) is 0 Å². The summed E-state index contributed by atoms with van der Waals surface area (Å²) in [4.78, 5) is 13.4. The summed E-state index contributed by atoms with van der Waals surface area (Å²) < 4.78 is 4.99. The lowest BCUT2D eigenvalue weighted by molar-refractivity contribution is -0.131. The van der Waals surface area contributed by atoms with Gasteiger partial charge in [-0.2, -0.15) is 0 Å². The molecule has 2 unspecified atom stereocenters. The summed E-state index contributed by atoms with van der Waals surface area (Å²) in [7, 11) is 3.51. The lowest BCUT2D eigenvalue weighted by atomic mass is 10.2. The molecule has 0 bridgehead atoms. The fourth-order valence-corrected chi connectivity index (χ4v) is 1.36. The van der Waals surface area contributed by atoms with Gasteiger partial charge in [-0.3, -0.25) is 4.79 Å². The molecule has 15 heavy (non-hydrogen) atoms. The Morgan fingerprint density at radius 3 is 2.53 bits per heavy atom. The minimum absolute atomic E-state index is 0.123. The van der Waals surface area contributed by atoms with Crippen LogP contribution in [0, 0.1) is 0 Å². The van der Waals surface area contributed by atoms with Gasteiger partial charge in [0.25, 0.3) is 0 Å².